The number of imide groups is 1. The Morgan fingerprint density at radius 2 is 2.00 bits per heavy atom. The molecule has 0 radical (unpaired) electrons. The van der Waals surface area contributed by atoms with Crippen molar-refractivity contribution < 1.29 is 19.2 Å². The van der Waals surface area contributed by atoms with Crippen LogP contribution in [0.15, 0.2) is 12.1 Å². The van der Waals surface area contributed by atoms with Gasteiger partial charge in [0, 0.05) is 16.7 Å². The van der Waals surface area contributed by atoms with Gasteiger partial charge in [0.1, 0.15) is 11.2 Å². The van der Waals surface area contributed by atoms with Crippen LogP contribution in [0.3, 0.4) is 0 Å². The molecule has 2 rings (SSSR count). The Morgan fingerprint density at radius 3 is 2.50 bits per heavy atom. The van der Waals surface area contributed by atoms with Gasteiger partial charge in [-0.05, 0) is 33.8 Å². The number of carbonyl (C=O) groups excluding carboxylic acids is 2. The third kappa shape index (κ3) is 2.64. The molecule has 7 nitrogen and oxygen atoms in total. The molecule has 1 aromatic rings. The largest absolute Gasteiger partial charge is 0.443 e. The standard InChI is InChI=1S/C14H15ClN2O5/c1-7-10-8(15)5-6-9(17(20)21)11(10)12(18)16(7)13(19)22-14(2,3)4/h5-7H,1-4H3. The number of hydrogen-bond donors (Lipinski definition) is 0. The van der Waals surface area contributed by atoms with Gasteiger partial charge in [-0.3, -0.25) is 14.9 Å². The molecule has 1 aromatic carbocycles. The lowest BCUT2D eigenvalue weighted by atomic mass is 10.0. The normalized spacial score (nSPS) is 17.4. The smallest absolute Gasteiger partial charge is 0.417 e. The second-order valence-corrected chi connectivity index (χ2v) is 6.35. The minimum Gasteiger partial charge on any atom is -0.443 e. The summed E-state index contributed by atoms with van der Waals surface area (Å²) in [7, 11) is 0. The van der Waals surface area contributed by atoms with Gasteiger partial charge < -0.3 is 4.74 Å². The zero-order valence-corrected chi connectivity index (χ0v) is 13.3. The van der Waals surface area contributed by atoms with Crippen LogP contribution in [0.5, 0.6) is 0 Å². The van der Waals surface area contributed by atoms with Gasteiger partial charge in [0.25, 0.3) is 11.6 Å². The number of rotatable bonds is 1. The number of amides is 2. The molecule has 0 saturated carbocycles. The van der Waals surface area contributed by atoms with Crippen LogP contribution in [0.1, 0.15) is 49.7 Å². The first-order chi connectivity index (χ1) is 10.0. The molecular weight excluding hydrogens is 312 g/mol. The van der Waals surface area contributed by atoms with Crippen molar-refractivity contribution in [1.82, 2.24) is 4.90 Å². The van der Waals surface area contributed by atoms with Crippen LogP contribution >= 0.6 is 11.6 Å². The van der Waals surface area contributed by atoms with Gasteiger partial charge in [0.15, 0.2) is 0 Å². The molecule has 0 spiro atoms. The van der Waals surface area contributed by atoms with Crippen molar-refractivity contribution in [3.05, 3.63) is 38.4 Å². The van der Waals surface area contributed by atoms with Gasteiger partial charge in [-0.1, -0.05) is 11.6 Å². The van der Waals surface area contributed by atoms with E-state index >= 15 is 0 Å². The molecule has 0 aromatic heterocycles. The summed E-state index contributed by atoms with van der Waals surface area (Å²) in [5.74, 6) is -0.772. The number of hydrogen-bond acceptors (Lipinski definition) is 5. The number of fused-ring (bicyclic) bond motifs is 1. The van der Waals surface area contributed by atoms with E-state index in [4.69, 9.17) is 16.3 Å². The summed E-state index contributed by atoms with van der Waals surface area (Å²) in [5.41, 5.74) is -1.05. The highest BCUT2D eigenvalue weighted by Crippen LogP contribution is 2.42. The van der Waals surface area contributed by atoms with E-state index in [1.165, 1.54) is 6.07 Å². The number of carbonyl (C=O) groups is 2. The first-order valence-electron chi connectivity index (χ1n) is 6.58. The van der Waals surface area contributed by atoms with Crippen LogP contribution in [-0.2, 0) is 4.74 Å². The molecule has 8 heteroatoms. The third-order valence-electron chi connectivity index (χ3n) is 3.19. The lowest BCUT2D eigenvalue weighted by molar-refractivity contribution is -0.385. The fourth-order valence-corrected chi connectivity index (χ4v) is 2.66. The summed E-state index contributed by atoms with van der Waals surface area (Å²) in [5, 5.41) is 11.3. The molecule has 0 bridgehead atoms. The van der Waals surface area contributed by atoms with E-state index in [0.717, 1.165) is 11.0 Å². The second kappa shape index (κ2) is 5.24. The second-order valence-electron chi connectivity index (χ2n) is 5.94. The molecule has 22 heavy (non-hydrogen) atoms. The molecule has 0 saturated heterocycles. The van der Waals surface area contributed by atoms with Crippen LogP contribution in [0, 0.1) is 10.1 Å². The topological polar surface area (TPSA) is 89.8 Å². The van der Waals surface area contributed by atoms with Crippen molar-refractivity contribution >= 4 is 29.3 Å². The molecule has 1 atom stereocenters. The average molecular weight is 327 g/mol. The summed E-state index contributed by atoms with van der Waals surface area (Å²) in [6.07, 6.45) is -0.855. The van der Waals surface area contributed by atoms with Crippen LogP contribution in [0.25, 0.3) is 0 Å². The fourth-order valence-electron chi connectivity index (χ4n) is 2.35. The summed E-state index contributed by atoms with van der Waals surface area (Å²) >= 11 is 6.06. The van der Waals surface area contributed by atoms with E-state index in [9.17, 15) is 19.7 Å². The zero-order chi connectivity index (χ0) is 16.8. The Balaban J connectivity index is 2.51. The predicted molar refractivity (Wildman–Crippen MR) is 78.9 cm³/mol. The first kappa shape index (κ1) is 16.2. The maximum absolute atomic E-state index is 12.5. The van der Waals surface area contributed by atoms with Gasteiger partial charge in [0.2, 0.25) is 0 Å². The van der Waals surface area contributed by atoms with Gasteiger partial charge >= 0.3 is 6.09 Å². The highest BCUT2D eigenvalue weighted by molar-refractivity contribution is 6.32. The Morgan fingerprint density at radius 1 is 1.41 bits per heavy atom. The van der Waals surface area contributed by atoms with Gasteiger partial charge in [-0.25, -0.2) is 9.69 Å². The van der Waals surface area contributed by atoms with Crippen LogP contribution < -0.4 is 0 Å². The molecule has 0 N–H and O–H groups in total. The Labute approximate surface area is 131 Å². The molecule has 1 aliphatic heterocycles. The number of benzene rings is 1. The van der Waals surface area contributed by atoms with E-state index in [-0.39, 0.29) is 21.8 Å². The highest BCUT2D eigenvalue weighted by Gasteiger charge is 2.45. The number of ether oxygens (including phenoxy) is 1. The Kier molecular flexibility index (Phi) is 3.87. The monoisotopic (exact) mass is 326 g/mol. The van der Waals surface area contributed by atoms with Crippen LogP contribution in [0.4, 0.5) is 10.5 Å². The Bertz CT molecular complexity index is 681. The molecule has 0 fully saturated rings. The van der Waals surface area contributed by atoms with Crippen molar-refractivity contribution in [2.75, 3.05) is 0 Å². The van der Waals surface area contributed by atoms with E-state index < -0.39 is 28.6 Å². The van der Waals surface area contributed by atoms with Crippen LogP contribution in [-0.4, -0.2) is 27.4 Å². The quantitative estimate of drug-likeness (QED) is 0.579. The van der Waals surface area contributed by atoms with Crippen molar-refractivity contribution in [2.24, 2.45) is 0 Å². The summed E-state index contributed by atoms with van der Waals surface area (Å²) in [6.45, 7) is 6.57. The van der Waals surface area contributed by atoms with Crippen molar-refractivity contribution in [2.45, 2.75) is 39.3 Å². The number of nitro benzene ring substituents is 1. The van der Waals surface area contributed by atoms with Gasteiger partial charge in [-0.2, -0.15) is 0 Å². The SMILES string of the molecule is CC1c2c(Cl)ccc([N+](=O)[O-])c2C(=O)N1C(=O)OC(C)(C)C. The first-order valence-corrected chi connectivity index (χ1v) is 6.95. The van der Waals surface area contributed by atoms with E-state index in [0.29, 0.717) is 0 Å². The van der Waals surface area contributed by atoms with Crippen molar-refractivity contribution in [3.8, 4) is 0 Å². The van der Waals surface area contributed by atoms with E-state index in [1.54, 1.807) is 27.7 Å². The molecule has 1 aliphatic rings. The van der Waals surface area contributed by atoms with E-state index in [2.05, 4.69) is 0 Å². The maximum Gasteiger partial charge on any atom is 0.417 e. The minimum atomic E-state index is -0.855. The number of nitrogens with zero attached hydrogens (tertiary/aromatic N) is 2. The summed E-state index contributed by atoms with van der Waals surface area (Å²) < 4.78 is 5.19. The molecule has 118 valence electrons. The average Bonchev–Trinajstić information content (AvgIpc) is 2.60. The number of nitro groups is 1. The lowest BCUT2D eigenvalue weighted by Crippen LogP contribution is -2.38. The molecule has 0 aliphatic carbocycles. The molecule has 1 heterocycles. The fraction of sp³-hybridized carbons (Fsp3) is 0.429. The van der Waals surface area contributed by atoms with Crippen molar-refractivity contribution in [3.63, 3.8) is 0 Å². The molecule has 1 unspecified atom stereocenters. The van der Waals surface area contributed by atoms with Gasteiger partial charge in [-0.15, -0.1) is 0 Å². The molecule has 2 amide bonds. The van der Waals surface area contributed by atoms with E-state index in [1.807, 2.05) is 0 Å². The molecular formula is C14H15ClN2O5. The predicted octanol–water partition coefficient (Wildman–Crippen LogP) is 3.70. The summed E-state index contributed by atoms with van der Waals surface area (Å²) in [4.78, 5) is 36.0. The lowest BCUT2D eigenvalue weighted by Gasteiger charge is -2.25. The Hall–Kier alpha value is -2.15. The zero-order valence-electron chi connectivity index (χ0n) is 12.5. The van der Waals surface area contributed by atoms with Crippen LogP contribution in [0.2, 0.25) is 5.02 Å². The maximum atomic E-state index is 12.5. The van der Waals surface area contributed by atoms with Crippen molar-refractivity contribution in [1.29, 1.82) is 0 Å². The third-order valence-corrected chi connectivity index (χ3v) is 3.52. The number of halogens is 1. The van der Waals surface area contributed by atoms with Gasteiger partial charge in [0.05, 0.1) is 11.0 Å². The highest BCUT2D eigenvalue weighted by atomic mass is 35.5. The minimum absolute atomic E-state index is 0.157. The summed E-state index contributed by atoms with van der Waals surface area (Å²) in [6, 6.07) is 1.77.